The largest absolute Gasteiger partial charge is 0.347 e. The molecule has 4 rings (SSSR count). The maximum absolute atomic E-state index is 12.8. The molecule has 4 nitrogen and oxygen atoms in total. The van der Waals surface area contributed by atoms with Crippen molar-refractivity contribution in [3.8, 4) is 0 Å². The third-order valence-electron chi connectivity index (χ3n) is 5.64. The molecule has 0 unspecified atom stereocenters. The molecule has 0 spiro atoms. The second-order valence-electron chi connectivity index (χ2n) is 7.63. The summed E-state index contributed by atoms with van der Waals surface area (Å²) in [4.78, 5) is 27.3. The predicted octanol–water partition coefficient (Wildman–Crippen LogP) is 4.30. The van der Waals surface area contributed by atoms with Crippen LogP contribution in [0.2, 0.25) is 0 Å². The van der Waals surface area contributed by atoms with Crippen molar-refractivity contribution in [1.82, 2.24) is 5.32 Å². The fourth-order valence-electron chi connectivity index (χ4n) is 4.12. The van der Waals surface area contributed by atoms with Crippen LogP contribution >= 0.6 is 0 Å². The average molecular weight is 399 g/mol. The number of rotatable bonds is 6. The minimum atomic E-state index is -0.119. The predicted molar refractivity (Wildman–Crippen MR) is 119 cm³/mol. The number of carbonyl (C=O) groups is 2. The number of para-hydroxylation sites is 1. The smallest absolute Gasteiger partial charge is 0.246 e. The fourth-order valence-corrected chi connectivity index (χ4v) is 4.12. The van der Waals surface area contributed by atoms with E-state index < -0.39 is 0 Å². The number of nitrogens with one attached hydrogen (secondary N) is 1. The number of fused-ring (bicyclic) bond motifs is 1. The van der Waals surface area contributed by atoms with Crippen LogP contribution in [0, 0.1) is 0 Å². The van der Waals surface area contributed by atoms with E-state index in [1.807, 2.05) is 78.9 Å². The lowest BCUT2D eigenvalue weighted by atomic mass is 9.88. The number of anilines is 1. The first-order valence-electron chi connectivity index (χ1n) is 10.5. The minimum Gasteiger partial charge on any atom is -0.347 e. The van der Waals surface area contributed by atoms with Crippen LogP contribution in [0.5, 0.6) is 0 Å². The molecule has 4 heteroatoms. The van der Waals surface area contributed by atoms with E-state index in [0.717, 1.165) is 29.7 Å². The average Bonchev–Trinajstić information content (AvgIpc) is 2.81. The van der Waals surface area contributed by atoms with Crippen molar-refractivity contribution < 1.29 is 9.59 Å². The van der Waals surface area contributed by atoms with Gasteiger partial charge in [0.15, 0.2) is 0 Å². The number of amides is 2. The molecular weight excluding hydrogens is 372 g/mol. The molecule has 1 aliphatic heterocycles. The van der Waals surface area contributed by atoms with Gasteiger partial charge in [-0.2, -0.15) is 0 Å². The molecule has 0 bridgehead atoms. The number of aryl methyl sites for hydroxylation is 1. The lowest BCUT2D eigenvalue weighted by Crippen LogP contribution is -2.42. The van der Waals surface area contributed by atoms with Crippen LogP contribution < -0.4 is 10.2 Å². The van der Waals surface area contributed by atoms with Crippen molar-refractivity contribution in [1.29, 1.82) is 0 Å². The molecule has 3 aromatic rings. The highest BCUT2D eigenvalue weighted by Gasteiger charge is 2.23. The van der Waals surface area contributed by atoms with Crippen molar-refractivity contribution in [2.45, 2.75) is 25.2 Å². The van der Waals surface area contributed by atoms with Crippen LogP contribution in [-0.4, -0.2) is 24.9 Å². The first kappa shape index (κ1) is 19.9. The Hall–Kier alpha value is -3.40. The first-order valence-corrected chi connectivity index (χ1v) is 10.5. The van der Waals surface area contributed by atoms with Crippen LogP contribution in [0.15, 0.2) is 84.9 Å². The van der Waals surface area contributed by atoms with Crippen LogP contribution in [0.1, 0.15) is 35.4 Å². The lowest BCUT2D eigenvalue weighted by molar-refractivity contribution is -0.125. The molecular formula is C26H26N2O2. The maximum Gasteiger partial charge on any atom is 0.246 e. The standard InChI is InChI=1S/C26H26N2O2/c29-25(18-23(20-10-3-1-4-11-20)21-12-5-2-6-13-21)27-19-26(30)28-17-9-15-22-14-7-8-16-24(22)28/h1-8,10-14,16,23H,9,15,17-19H2,(H,27,29). The van der Waals surface area contributed by atoms with Crippen molar-refractivity contribution in [2.75, 3.05) is 18.0 Å². The molecule has 0 aromatic heterocycles. The Balaban J connectivity index is 1.42. The van der Waals surface area contributed by atoms with E-state index in [9.17, 15) is 9.59 Å². The molecule has 0 aliphatic carbocycles. The summed E-state index contributed by atoms with van der Waals surface area (Å²) in [6, 6.07) is 28.1. The summed E-state index contributed by atoms with van der Waals surface area (Å²) >= 11 is 0. The van der Waals surface area contributed by atoms with E-state index in [1.165, 1.54) is 5.56 Å². The van der Waals surface area contributed by atoms with Gasteiger partial charge in [-0.25, -0.2) is 0 Å². The molecule has 30 heavy (non-hydrogen) atoms. The maximum atomic E-state index is 12.8. The number of hydrogen-bond donors (Lipinski definition) is 1. The van der Waals surface area contributed by atoms with Crippen molar-refractivity contribution in [2.24, 2.45) is 0 Å². The van der Waals surface area contributed by atoms with Crippen LogP contribution in [0.3, 0.4) is 0 Å². The van der Waals surface area contributed by atoms with Crippen molar-refractivity contribution in [3.05, 3.63) is 102 Å². The molecule has 152 valence electrons. The Bertz CT molecular complexity index is 962. The highest BCUT2D eigenvalue weighted by atomic mass is 16.2. The van der Waals surface area contributed by atoms with Gasteiger partial charge < -0.3 is 10.2 Å². The van der Waals surface area contributed by atoms with Crippen LogP contribution in [-0.2, 0) is 16.0 Å². The van der Waals surface area contributed by atoms with Gasteiger partial charge in [0.25, 0.3) is 0 Å². The van der Waals surface area contributed by atoms with Gasteiger partial charge in [-0.1, -0.05) is 78.9 Å². The van der Waals surface area contributed by atoms with Crippen LogP contribution in [0.4, 0.5) is 5.69 Å². The van der Waals surface area contributed by atoms with E-state index in [2.05, 4.69) is 11.4 Å². The fraction of sp³-hybridized carbons (Fsp3) is 0.231. The van der Waals surface area contributed by atoms with E-state index >= 15 is 0 Å². The molecule has 0 saturated heterocycles. The molecule has 0 saturated carbocycles. The summed E-state index contributed by atoms with van der Waals surface area (Å²) in [6.45, 7) is 0.714. The summed E-state index contributed by atoms with van der Waals surface area (Å²) in [7, 11) is 0. The molecule has 0 radical (unpaired) electrons. The van der Waals surface area contributed by atoms with E-state index in [-0.39, 0.29) is 24.3 Å². The Morgan fingerprint density at radius 2 is 1.43 bits per heavy atom. The Kier molecular flexibility index (Phi) is 6.23. The normalized spacial score (nSPS) is 13.0. The van der Waals surface area contributed by atoms with Crippen LogP contribution in [0.25, 0.3) is 0 Å². The molecule has 1 aliphatic rings. The Labute approximate surface area is 177 Å². The molecule has 2 amide bonds. The zero-order chi connectivity index (χ0) is 20.8. The monoisotopic (exact) mass is 398 g/mol. The van der Waals surface area contributed by atoms with Gasteiger partial charge in [0.05, 0.1) is 6.54 Å². The van der Waals surface area contributed by atoms with Gasteiger partial charge in [-0.05, 0) is 35.6 Å². The quantitative estimate of drug-likeness (QED) is 0.673. The van der Waals surface area contributed by atoms with Gasteiger partial charge in [0.2, 0.25) is 11.8 Å². The van der Waals surface area contributed by atoms with Gasteiger partial charge in [-0.15, -0.1) is 0 Å². The first-order chi connectivity index (χ1) is 14.7. The summed E-state index contributed by atoms with van der Waals surface area (Å²) in [5.74, 6) is -0.226. The molecule has 0 atom stereocenters. The van der Waals surface area contributed by atoms with Gasteiger partial charge in [-0.3, -0.25) is 9.59 Å². The van der Waals surface area contributed by atoms with E-state index in [1.54, 1.807) is 4.90 Å². The van der Waals surface area contributed by atoms with Gasteiger partial charge >= 0.3 is 0 Å². The molecule has 1 heterocycles. The number of carbonyl (C=O) groups excluding carboxylic acids is 2. The second-order valence-corrected chi connectivity index (χ2v) is 7.63. The summed E-state index contributed by atoms with van der Waals surface area (Å²) < 4.78 is 0. The summed E-state index contributed by atoms with van der Waals surface area (Å²) in [5, 5.41) is 2.85. The van der Waals surface area contributed by atoms with Gasteiger partial charge in [0.1, 0.15) is 0 Å². The molecule has 3 aromatic carbocycles. The summed E-state index contributed by atoms with van der Waals surface area (Å²) in [6.07, 6.45) is 2.24. The van der Waals surface area contributed by atoms with E-state index in [4.69, 9.17) is 0 Å². The Morgan fingerprint density at radius 3 is 2.10 bits per heavy atom. The third kappa shape index (κ3) is 4.60. The summed E-state index contributed by atoms with van der Waals surface area (Å²) in [5.41, 5.74) is 4.34. The SMILES string of the molecule is O=C(CC(c1ccccc1)c1ccccc1)NCC(=O)N1CCCc2ccccc21. The third-order valence-corrected chi connectivity index (χ3v) is 5.64. The number of hydrogen-bond acceptors (Lipinski definition) is 2. The highest BCUT2D eigenvalue weighted by molar-refractivity contribution is 5.97. The number of benzene rings is 3. The highest BCUT2D eigenvalue weighted by Crippen LogP contribution is 2.28. The van der Waals surface area contributed by atoms with Crippen molar-refractivity contribution >= 4 is 17.5 Å². The zero-order valence-electron chi connectivity index (χ0n) is 17.0. The molecule has 1 N–H and O–H groups in total. The topological polar surface area (TPSA) is 49.4 Å². The van der Waals surface area contributed by atoms with E-state index in [0.29, 0.717) is 13.0 Å². The van der Waals surface area contributed by atoms with Crippen molar-refractivity contribution in [3.63, 3.8) is 0 Å². The molecule has 0 fully saturated rings. The minimum absolute atomic E-state index is 0.0173. The second kappa shape index (κ2) is 9.40. The van der Waals surface area contributed by atoms with Gasteiger partial charge in [0, 0.05) is 24.6 Å². The lowest BCUT2D eigenvalue weighted by Gasteiger charge is -2.29. The number of nitrogens with zero attached hydrogens (tertiary/aromatic N) is 1. The zero-order valence-corrected chi connectivity index (χ0v) is 17.0. The Morgan fingerprint density at radius 1 is 0.833 bits per heavy atom.